The van der Waals surface area contributed by atoms with Crippen molar-refractivity contribution in [1.82, 2.24) is 0 Å². The number of ether oxygens (including phenoxy) is 1. The quantitative estimate of drug-likeness (QED) is 0.391. The number of esters is 1. The van der Waals surface area contributed by atoms with Gasteiger partial charge in [-0.1, -0.05) is 36.8 Å². The number of nitrogens with one attached hydrogen (secondary N) is 1. The minimum absolute atomic E-state index is 0.0229. The van der Waals surface area contributed by atoms with Crippen LogP contribution in [0.4, 0.5) is 5.69 Å². The Morgan fingerprint density at radius 2 is 1.65 bits per heavy atom. The first-order valence-electron chi connectivity index (χ1n) is 10.6. The molecule has 0 atom stereocenters. The van der Waals surface area contributed by atoms with Crippen LogP contribution in [-0.4, -0.2) is 18.0 Å². The average molecular weight is 415 g/mol. The van der Waals surface area contributed by atoms with E-state index in [1.807, 2.05) is 42.5 Å². The lowest BCUT2D eigenvalue weighted by atomic mass is 9.98. The molecule has 1 fully saturated rings. The third-order valence-electron chi connectivity index (χ3n) is 5.30. The van der Waals surface area contributed by atoms with E-state index in [0.717, 1.165) is 37.0 Å². The van der Waals surface area contributed by atoms with Crippen molar-refractivity contribution in [3.05, 3.63) is 84.1 Å². The van der Waals surface area contributed by atoms with E-state index in [9.17, 15) is 9.59 Å². The maximum atomic E-state index is 12.3. The van der Waals surface area contributed by atoms with Crippen LogP contribution in [0.3, 0.4) is 0 Å². The largest absolute Gasteiger partial charge is 0.459 e. The van der Waals surface area contributed by atoms with Gasteiger partial charge in [0.25, 0.3) is 0 Å². The summed E-state index contributed by atoms with van der Waals surface area (Å²) in [6.45, 7) is 0. The molecule has 31 heavy (non-hydrogen) atoms. The van der Waals surface area contributed by atoms with Crippen LogP contribution in [-0.2, 0) is 9.53 Å². The summed E-state index contributed by atoms with van der Waals surface area (Å²) in [5, 5.41) is 2.78. The van der Waals surface area contributed by atoms with E-state index in [4.69, 9.17) is 9.15 Å². The number of amides is 1. The van der Waals surface area contributed by atoms with Crippen molar-refractivity contribution in [2.75, 3.05) is 5.32 Å². The third kappa shape index (κ3) is 5.72. The first-order chi connectivity index (χ1) is 15.2. The fourth-order valence-electron chi connectivity index (χ4n) is 3.63. The minimum atomic E-state index is -0.309. The summed E-state index contributed by atoms with van der Waals surface area (Å²) in [5.41, 5.74) is 2.07. The molecular weight excluding hydrogens is 390 g/mol. The molecule has 158 valence electrons. The van der Waals surface area contributed by atoms with Crippen LogP contribution >= 0.6 is 0 Å². The molecule has 0 bridgehead atoms. The van der Waals surface area contributed by atoms with Crippen LogP contribution < -0.4 is 5.32 Å². The maximum Gasteiger partial charge on any atom is 0.338 e. The Kier molecular flexibility index (Phi) is 6.62. The van der Waals surface area contributed by atoms with Gasteiger partial charge in [0, 0.05) is 17.3 Å². The Morgan fingerprint density at radius 3 is 2.39 bits per heavy atom. The van der Waals surface area contributed by atoms with Gasteiger partial charge in [-0.15, -0.1) is 0 Å². The number of rotatable bonds is 6. The van der Waals surface area contributed by atoms with Crippen LogP contribution in [0.25, 0.3) is 17.4 Å². The molecule has 5 heteroatoms. The molecule has 1 aliphatic carbocycles. The Morgan fingerprint density at radius 1 is 0.903 bits per heavy atom. The molecule has 0 aliphatic heterocycles. The van der Waals surface area contributed by atoms with Gasteiger partial charge in [0.15, 0.2) is 0 Å². The zero-order valence-electron chi connectivity index (χ0n) is 17.3. The zero-order chi connectivity index (χ0) is 21.5. The molecule has 3 aromatic rings. The van der Waals surface area contributed by atoms with E-state index in [0.29, 0.717) is 17.0 Å². The first-order valence-corrected chi connectivity index (χ1v) is 10.6. The minimum Gasteiger partial charge on any atom is -0.459 e. The van der Waals surface area contributed by atoms with E-state index < -0.39 is 0 Å². The predicted molar refractivity (Wildman–Crippen MR) is 121 cm³/mol. The number of anilines is 1. The average Bonchev–Trinajstić information content (AvgIpc) is 3.29. The van der Waals surface area contributed by atoms with Crippen LogP contribution in [0, 0.1) is 0 Å². The molecule has 5 nitrogen and oxygen atoms in total. The molecule has 1 heterocycles. The lowest BCUT2D eigenvalue weighted by Crippen LogP contribution is -2.20. The number of furan rings is 1. The van der Waals surface area contributed by atoms with E-state index in [-0.39, 0.29) is 18.0 Å². The second-order valence-electron chi connectivity index (χ2n) is 7.63. The van der Waals surface area contributed by atoms with Gasteiger partial charge < -0.3 is 14.5 Å². The molecule has 1 aromatic heterocycles. The summed E-state index contributed by atoms with van der Waals surface area (Å²) in [4.78, 5) is 24.5. The number of benzene rings is 2. The van der Waals surface area contributed by atoms with Gasteiger partial charge >= 0.3 is 5.97 Å². The highest BCUT2D eigenvalue weighted by atomic mass is 16.5. The van der Waals surface area contributed by atoms with E-state index in [1.165, 1.54) is 12.5 Å². The first kappa shape index (κ1) is 20.7. The molecule has 0 spiro atoms. The van der Waals surface area contributed by atoms with Gasteiger partial charge in [0.2, 0.25) is 5.91 Å². The Balaban J connectivity index is 1.30. The van der Waals surface area contributed by atoms with Crippen LogP contribution in [0.5, 0.6) is 0 Å². The van der Waals surface area contributed by atoms with Crippen molar-refractivity contribution in [2.45, 2.75) is 38.2 Å². The predicted octanol–water partition coefficient (Wildman–Crippen LogP) is 6.09. The highest BCUT2D eigenvalue weighted by Crippen LogP contribution is 2.23. The van der Waals surface area contributed by atoms with Crippen LogP contribution in [0.15, 0.2) is 77.2 Å². The number of hydrogen-bond acceptors (Lipinski definition) is 4. The summed E-state index contributed by atoms with van der Waals surface area (Å²) in [6, 6.07) is 20.2. The Bertz CT molecular complexity index is 1040. The molecule has 4 rings (SSSR count). The fraction of sp³-hybridized carbons (Fsp3) is 0.231. The molecule has 1 N–H and O–H groups in total. The van der Waals surface area contributed by atoms with Gasteiger partial charge in [-0.05, 0) is 68.2 Å². The SMILES string of the molecule is O=C(/C=C/c1ccc(-c2ccccc2)o1)Nc1ccc(C(=O)OC2CCCCC2)cc1. The molecule has 1 aliphatic rings. The highest BCUT2D eigenvalue weighted by molar-refractivity contribution is 6.02. The molecule has 2 aromatic carbocycles. The molecule has 1 saturated carbocycles. The molecular formula is C26H25NO4. The van der Waals surface area contributed by atoms with Crippen molar-refractivity contribution >= 4 is 23.6 Å². The maximum absolute atomic E-state index is 12.3. The summed E-state index contributed by atoms with van der Waals surface area (Å²) in [6.07, 6.45) is 8.38. The van der Waals surface area contributed by atoms with E-state index in [2.05, 4.69) is 5.32 Å². The lowest BCUT2D eigenvalue weighted by molar-refractivity contribution is -0.111. The Labute approximate surface area is 181 Å². The van der Waals surface area contributed by atoms with Gasteiger partial charge in [0.1, 0.15) is 17.6 Å². The second kappa shape index (κ2) is 9.94. The zero-order valence-corrected chi connectivity index (χ0v) is 17.3. The number of carbonyl (C=O) groups is 2. The molecule has 0 saturated heterocycles. The van der Waals surface area contributed by atoms with E-state index >= 15 is 0 Å². The van der Waals surface area contributed by atoms with Gasteiger partial charge in [-0.3, -0.25) is 4.79 Å². The standard InChI is InChI=1S/C26H25NO4/c28-25(18-16-23-15-17-24(30-23)19-7-3-1-4-8-19)27-21-13-11-20(12-14-21)26(29)31-22-9-5-2-6-10-22/h1,3-4,7-8,11-18,22H,2,5-6,9-10H2,(H,27,28)/b18-16+. The topological polar surface area (TPSA) is 68.5 Å². The number of carbonyl (C=O) groups excluding carboxylic acids is 2. The smallest absolute Gasteiger partial charge is 0.338 e. The summed E-state index contributed by atoms with van der Waals surface area (Å²) in [7, 11) is 0. The van der Waals surface area contributed by atoms with E-state index in [1.54, 1.807) is 30.3 Å². The third-order valence-corrected chi connectivity index (χ3v) is 5.30. The normalized spacial score (nSPS) is 14.5. The van der Waals surface area contributed by atoms with Crippen LogP contribution in [0.2, 0.25) is 0 Å². The molecule has 0 unspecified atom stereocenters. The molecule has 1 amide bonds. The van der Waals surface area contributed by atoms with Crippen molar-refractivity contribution in [3.63, 3.8) is 0 Å². The van der Waals surface area contributed by atoms with Crippen molar-refractivity contribution in [2.24, 2.45) is 0 Å². The summed E-state index contributed by atoms with van der Waals surface area (Å²) in [5.74, 6) is 0.748. The van der Waals surface area contributed by atoms with Gasteiger partial charge in [-0.25, -0.2) is 4.79 Å². The van der Waals surface area contributed by atoms with Gasteiger partial charge in [-0.2, -0.15) is 0 Å². The van der Waals surface area contributed by atoms with Gasteiger partial charge in [0.05, 0.1) is 5.56 Å². The lowest BCUT2D eigenvalue weighted by Gasteiger charge is -2.21. The van der Waals surface area contributed by atoms with Crippen molar-refractivity contribution in [3.8, 4) is 11.3 Å². The second-order valence-corrected chi connectivity index (χ2v) is 7.63. The highest BCUT2D eigenvalue weighted by Gasteiger charge is 2.18. The summed E-state index contributed by atoms with van der Waals surface area (Å²) >= 11 is 0. The Hall–Kier alpha value is -3.60. The van der Waals surface area contributed by atoms with Crippen molar-refractivity contribution in [1.29, 1.82) is 0 Å². The van der Waals surface area contributed by atoms with Crippen molar-refractivity contribution < 1.29 is 18.7 Å². The number of hydrogen-bond donors (Lipinski definition) is 1. The monoisotopic (exact) mass is 415 g/mol. The summed E-state index contributed by atoms with van der Waals surface area (Å²) < 4.78 is 11.3. The molecule has 0 radical (unpaired) electrons. The van der Waals surface area contributed by atoms with Crippen LogP contribution in [0.1, 0.15) is 48.2 Å². The fourth-order valence-corrected chi connectivity index (χ4v) is 3.63.